The summed E-state index contributed by atoms with van der Waals surface area (Å²) < 4.78 is 1.99. The number of aromatic nitrogens is 1. The molecular formula is C26H24ClN3O2S. The summed E-state index contributed by atoms with van der Waals surface area (Å²) in [4.78, 5) is 30.3. The number of carbonyl (C=O) groups is 2. The number of benzene rings is 2. The molecule has 1 aliphatic heterocycles. The van der Waals surface area contributed by atoms with Gasteiger partial charge in [0, 0.05) is 22.6 Å². The quantitative estimate of drug-likeness (QED) is 0.409. The molecule has 5 nitrogen and oxygen atoms in total. The Bertz CT molecular complexity index is 1390. The van der Waals surface area contributed by atoms with Gasteiger partial charge in [0.25, 0.3) is 5.91 Å². The first-order valence-electron chi connectivity index (χ1n) is 10.8. The number of hydrogen-bond donors (Lipinski definition) is 1. The molecule has 2 aromatic heterocycles. The summed E-state index contributed by atoms with van der Waals surface area (Å²) in [6, 6.07) is 17.3. The smallest absolute Gasteiger partial charge is 0.275 e. The summed E-state index contributed by atoms with van der Waals surface area (Å²) in [6.07, 6.45) is 0. The van der Waals surface area contributed by atoms with E-state index in [4.69, 9.17) is 11.6 Å². The first-order valence-corrected chi connectivity index (χ1v) is 12.0. The summed E-state index contributed by atoms with van der Waals surface area (Å²) in [5, 5.41) is 6.74. The van der Waals surface area contributed by atoms with Crippen molar-refractivity contribution in [1.29, 1.82) is 0 Å². The van der Waals surface area contributed by atoms with Crippen molar-refractivity contribution in [3.63, 3.8) is 0 Å². The van der Waals surface area contributed by atoms with Crippen molar-refractivity contribution in [3.05, 3.63) is 87.4 Å². The topological polar surface area (TPSA) is 54.3 Å². The standard InChI is InChI=1S/C26H24ClN3O2S/c1-16-4-9-21(17(2)12-16)30-23(31)22-13-19-10-11-33-24(19)29(22)15-26(30,3)25(32)28-14-18-5-7-20(27)8-6-18/h4-13H,14-15H2,1-3H3,(H,28,32)/t26-/m1/s1. The van der Waals surface area contributed by atoms with E-state index in [0.717, 1.165) is 32.6 Å². The first kappa shape index (κ1) is 21.7. The van der Waals surface area contributed by atoms with Crippen LogP contribution < -0.4 is 10.2 Å². The maximum atomic E-state index is 13.9. The second kappa shape index (κ2) is 8.04. The molecule has 2 aromatic carbocycles. The van der Waals surface area contributed by atoms with E-state index in [1.807, 2.05) is 73.2 Å². The minimum absolute atomic E-state index is 0.166. The fraction of sp³-hybridized carbons (Fsp3) is 0.231. The Morgan fingerprint density at radius 1 is 1.12 bits per heavy atom. The van der Waals surface area contributed by atoms with Gasteiger partial charge < -0.3 is 9.88 Å². The van der Waals surface area contributed by atoms with Gasteiger partial charge in [0.05, 0.1) is 6.54 Å². The van der Waals surface area contributed by atoms with E-state index in [2.05, 4.69) is 5.32 Å². The maximum Gasteiger partial charge on any atom is 0.275 e. The highest BCUT2D eigenvalue weighted by Crippen LogP contribution is 2.38. The van der Waals surface area contributed by atoms with Crippen molar-refractivity contribution >= 4 is 50.7 Å². The van der Waals surface area contributed by atoms with E-state index in [1.54, 1.807) is 28.4 Å². The fourth-order valence-corrected chi connectivity index (χ4v) is 5.63. The molecule has 0 spiro atoms. The Morgan fingerprint density at radius 3 is 2.61 bits per heavy atom. The van der Waals surface area contributed by atoms with Crippen LogP contribution in [0.4, 0.5) is 5.69 Å². The molecule has 33 heavy (non-hydrogen) atoms. The number of nitrogens with one attached hydrogen (secondary N) is 1. The van der Waals surface area contributed by atoms with Gasteiger partial charge in [0.15, 0.2) is 0 Å². The Balaban J connectivity index is 1.57. The summed E-state index contributed by atoms with van der Waals surface area (Å²) in [6.45, 7) is 6.58. The molecule has 1 atom stereocenters. The maximum absolute atomic E-state index is 13.9. The van der Waals surface area contributed by atoms with Gasteiger partial charge in [-0.05, 0) is 67.6 Å². The highest BCUT2D eigenvalue weighted by atomic mass is 35.5. The molecule has 0 fully saturated rings. The third-order valence-electron chi connectivity index (χ3n) is 6.33. The molecule has 0 saturated carbocycles. The van der Waals surface area contributed by atoms with Gasteiger partial charge in [0.2, 0.25) is 5.91 Å². The molecule has 0 unspecified atom stereocenters. The zero-order valence-electron chi connectivity index (χ0n) is 18.7. The fourth-order valence-electron chi connectivity index (χ4n) is 4.61. The third kappa shape index (κ3) is 3.63. The lowest BCUT2D eigenvalue weighted by atomic mass is 9.92. The molecule has 4 aromatic rings. The zero-order valence-corrected chi connectivity index (χ0v) is 20.3. The zero-order chi connectivity index (χ0) is 23.3. The molecule has 0 aliphatic carbocycles. The monoisotopic (exact) mass is 477 g/mol. The average molecular weight is 478 g/mol. The van der Waals surface area contributed by atoms with E-state index in [1.165, 1.54) is 0 Å². The van der Waals surface area contributed by atoms with Crippen LogP contribution in [-0.4, -0.2) is 21.9 Å². The van der Waals surface area contributed by atoms with Gasteiger partial charge in [-0.3, -0.25) is 14.5 Å². The predicted molar refractivity (Wildman–Crippen MR) is 134 cm³/mol. The summed E-state index contributed by atoms with van der Waals surface area (Å²) in [5.41, 5.74) is 3.27. The Morgan fingerprint density at radius 2 is 1.88 bits per heavy atom. The van der Waals surface area contributed by atoms with Crippen molar-refractivity contribution in [2.75, 3.05) is 4.90 Å². The van der Waals surface area contributed by atoms with Gasteiger partial charge in [-0.25, -0.2) is 0 Å². The largest absolute Gasteiger partial charge is 0.350 e. The lowest BCUT2D eigenvalue weighted by Gasteiger charge is -2.44. The van der Waals surface area contributed by atoms with Gasteiger partial charge in [-0.2, -0.15) is 0 Å². The predicted octanol–water partition coefficient (Wildman–Crippen LogP) is 5.71. The van der Waals surface area contributed by atoms with Crippen LogP contribution in [0.3, 0.4) is 0 Å². The molecule has 2 amide bonds. The number of aryl methyl sites for hydroxylation is 2. The summed E-state index contributed by atoms with van der Waals surface area (Å²) in [7, 11) is 0. The molecule has 3 heterocycles. The van der Waals surface area contributed by atoms with Crippen molar-refractivity contribution in [2.24, 2.45) is 0 Å². The lowest BCUT2D eigenvalue weighted by molar-refractivity contribution is -0.126. The second-order valence-electron chi connectivity index (χ2n) is 8.81. The van der Waals surface area contributed by atoms with Crippen molar-refractivity contribution in [3.8, 4) is 0 Å². The number of thiophene rings is 1. The minimum Gasteiger partial charge on any atom is -0.350 e. The average Bonchev–Trinajstić information content (AvgIpc) is 3.37. The normalized spacial score (nSPS) is 17.9. The van der Waals surface area contributed by atoms with Crippen molar-refractivity contribution in [2.45, 2.75) is 39.4 Å². The molecule has 168 valence electrons. The Labute approximate surface area is 201 Å². The highest BCUT2D eigenvalue weighted by Gasteiger charge is 2.49. The summed E-state index contributed by atoms with van der Waals surface area (Å²) >= 11 is 7.57. The number of nitrogens with zero attached hydrogens (tertiary/aromatic N) is 2. The van der Waals surface area contributed by atoms with Crippen LogP contribution in [0.2, 0.25) is 5.02 Å². The van der Waals surface area contributed by atoms with Crippen LogP contribution in [0.15, 0.2) is 60.0 Å². The molecule has 0 bridgehead atoms. The van der Waals surface area contributed by atoms with E-state index in [9.17, 15) is 9.59 Å². The van der Waals surface area contributed by atoms with Gasteiger partial charge in [-0.1, -0.05) is 41.4 Å². The molecular weight excluding hydrogens is 454 g/mol. The number of fused-ring (bicyclic) bond motifs is 3. The number of halogens is 1. The van der Waals surface area contributed by atoms with Gasteiger partial charge >= 0.3 is 0 Å². The van der Waals surface area contributed by atoms with Crippen LogP contribution >= 0.6 is 22.9 Å². The number of rotatable bonds is 4. The summed E-state index contributed by atoms with van der Waals surface area (Å²) in [5.74, 6) is -0.365. The molecule has 1 aliphatic rings. The van der Waals surface area contributed by atoms with E-state index < -0.39 is 5.54 Å². The van der Waals surface area contributed by atoms with Crippen LogP contribution in [0.5, 0.6) is 0 Å². The molecule has 1 N–H and O–H groups in total. The van der Waals surface area contributed by atoms with Crippen LogP contribution in [-0.2, 0) is 17.9 Å². The molecule has 5 rings (SSSR count). The molecule has 0 radical (unpaired) electrons. The van der Waals surface area contributed by atoms with Gasteiger partial charge in [0.1, 0.15) is 16.1 Å². The van der Waals surface area contributed by atoms with Crippen molar-refractivity contribution < 1.29 is 9.59 Å². The molecule has 0 saturated heterocycles. The van der Waals surface area contributed by atoms with E-state index >= 15 is 0 Å². The van der Waals surface area contributed by atoms with Gasteiger partial charge in [-0.15, -0.1) is 11.3 Å². The van der Waals surface area contributed by atoms with Crippen molar-refractivity contribution in [1.82, 2.24) is 9.88 Å². The molecule has 7 heteroatoms. The third-order valence-corrected chi connectivity index (χ3v) is 7.54. The Hall–Kier alpha value is -3.09. The number of amides is 2. The first-order chi connectivity index (χ1) is 15.8. The Kier molecular flexibility index (Phi) is 5.30. The number of anilines is 1. The lowest BCUT2D eigenvalue weighted by Crippen LogP contribution is -2.64. The second-order valence-corrected chi connectivity index (χ2v) is 10.1. The highest BCUT2D eigenvalue weighted by molar-refractivity contribution is 7.16. The van der Waals surface area contributed by atoms with E-state index in [-0.39, 0.29) is 11.8 Å². The van der Waals surface area contributed by atoms with E-state index in [0.29, 0.717) is 23.8 Å². The number of carbonyl (C=O) groups excluding carboxylic acids is 2. The van der Waals surface area contributed by atoms with Crippen LogP contribution in [0.1, 0.15) is 34.1 Å². The number of hydrogen-bond acceptors (Lipinski definition) is 3. The minimum atomic E-state index is -1.10. The van der Waals surface area contributed by atoms with Crippen LogP contribution in [0.25, 0.3) is 10.2 Å². The SMILES string of the molecule is Cc1ccc(N2C(=O)c3cc4ccsc4n3C[C@]2(C)C(=O)NCc2ccc(Cl)cc2)c(C)c1. The van der Waals surface area contributed by atoms with Crippen LogP contribution in [0, 0.1) is 13.8 Å².